The van der Waals surface area contributed by atoms with Crippen molar-refractivity contribution in [2.45, 2.75) is 0 Å². The van der Waals surface area contributed by atoms with Crippen molar-refractivity contribution in [2.24, 2.45) is 0 Å². The first-order chi connectivity index (χ1) is 6.18. The highest BCUT2D eigenvalue weighted by atomic mass is 79.9. The highest BCUT2D eigenvalue weighted by molar-refractivity contribution is 9.10. The van der Waals surface area contributed by atoms with E-state index in [4.69, 9.17) is 0 Å². The van der Waals surface area contributed by atoms with Gasteiger partial charge in [-0.3, -0.25) is 0 Å². The van der Waals surface area contributed by atoms with Crippen LogP contribution in [0, 0.1) is 10.1 Å². The minimum absolute atomic E-state index is 0.0937. The zero-order valence-corrected chi connectivity index (χ0v) is 7.80. The van der Waals surface area contributed by atoms with Crippen LogP contribution in [-0.2, 0) is 0 Å². The predicted octanol–water partition coefficient (Wildman–Crippen LogP) is 1.40. The molecule has 0 unspecified atom stereocenters. The molecule has 0 aliphatic heterocycles. The summed E-state index contributed by atoms with van der Waals surface area (Å²) >= 11 is 3.17. The van der Waals surface area contributed by atoms with Crippen LogP contribution < -0.4 is 0 Å². The molecule has 0 aliphatic carbocycles. The topological polar surface area (TPSA) is 73.3 Å². The van der Waals surface area contributed by atoms with E-state index in [0.717, 1.165) is 0 Å². The van der Waals surface area contributed by atoms with Crippen LogP contribution in [-0.4, -0.2) is 19.3 Å². The van der Waals surface area contributed by atoms with Crippen molar-refractivity contribution >= 4 is 27.5 Å². The molecular weight excluding hydrogens is 240 g/mol. The molecule has 0 fully saturated rings. The molecule has 6 nitrogen and oxygen atoms in total. The lowest BCUT2D eigenvalue weighted by atomic mass is 10.6. The Labute approximate surface area is 80.5 Å². The number of imidazole rings is 1. The fourth-order valence-corrected chi connectivity index (χ4v) is 1.28. The number of hydrogen-bond donors (Lipinski definition) is 0. The van der Waals surface area contributed by atoms with E-state index >= 15 is 0 Å². The lowest BCUT2D eigenvalue weighted by Crippen LogP contribution is -1.94. The van der Waals surface area contributed by atoms with Gasteiger partial charge in [0, 0.05) is 0 Å². The third-order valence-electron chi connectivity index (χ3n) is 1.50. The van der Waals surface area contributed by atoms with Crippen LogP contribution in [0.2, 0.25) is 0 Å². The molecule has 0 radical (unpaired) electrons. The molecule has 0 atom stereocenters. The number of nitro groups is 1. The van der Waals surface area contributed by atoms with Gasteiger partial charge in [-0.1, -0.05) is 0 Å². The Morgan fingerprint density at radius 3 is 2.85 bits per heavy atom. The van der Waals surface area contributed by atoms with E-state index in [2.05, 4.69) is 25.9 Å². The molecule has 2 aromatic rings. The van der Waals surface area contributed by atoms with Crippen molar-refractivity contribution in [1.82, 2.24) is 14.4 Å². The van der Waals surface area contributed by atoms with Crippen molar-refractivity contribution in [3.05, 3.63) is 33.2 Å². The molecule has 0 aromatic carbocycles. The van der Waals surface area contributed by atoms with Gasteiger partial charge in [-0.25, -0.2) is 0 Å². The van der Waals surface area contributed by atoms with Gasteiger partial charge in [0.15, 0.2) is 0 Å². The summed E-state index contributed by atoms with van der Waals surface area (Å²) in [5, 5.41) is 10.5. The monoisotopic (exact) mass is 242 g/mol. The molecule has 0 aliphatic rings. The molecular formula is C6H3BrN4O2. The third-order valence-corrected chi connectivity index (χ3v) is 1.91. The Kier molecular flexibility index (Phi) is 1.73. The second-order valence-corrected chi connectivity index (χ2v) is 3.23. The quantitative estimate of drug-likeness (QED) is 0.560. The molecule has 0 saturated heterocycles. The SMILES string of the molecule is O=[N+]([O-])c1cnc2ncc(Br)cn12. The number of nitrogens with zero attached hydrogens (tertiary/aromatic N) is 4. The molecule has 13 heavy (non-hydrogen) atoms. The first-order valence-electron chi connectivity index (χ1n) is 3.31. The van der Waals surface area contributed by atoms with Crippen molar-refractivity contribution in [3.63, 3.8) is 0 Å². The van der Waals surface area contributed by atoms with Gasteiger partial charge >= 0.3 is 11.6 Å². The lowest BCUT2D eigenvalue weighted by Gasteiger charge is -1.92. The molecule has 0 spiro atoms. The summed E-state index contributed by atoms with van der Waals surface area (Å²) in [5.41, 5.74) is 0. The van der Waals surface area contributed by atoms with Gasteiger partial charge in [0.2, 0.25) is 0 Å². The fourth-order valence-electron chi connectivity index (χ4n) is 0.973. The molecule has 0 amide bonds. The molecule has 0 N–H and O–H groups in total. The summed E-state index contributed by atoms with van der Waals surface area (Å²) in [6, 6.07) is 0. The van der Waals surface area contributed by atoms with Crippen molar-refractivity contribution < 1.29 is 4.92 Å². The Morgan fingerprint density at radius 1 is 1.46 bits per heavy atom. The van der Waals surface area contributed by atoms with E-state index in [0.29, 0.717) is 10.3 Å². The Hall–Kier alpha value is -1.50. The van der Waals surface area contributed by atoms with Gasteiger partial charge < -0.3 is 10.1 Å². The fraction of sp³-hybridized carbons (Fsp3) is 0. The number of aromatic nitrogens is 3. The predicted molar refractivity (Wildman–Crippen MR) is 47.3 cm³/mol. The van der Waals surface area contributed by atoms with Crippen LogP contribution >= 0.6 is 15.9 Å². The molecule has 0 bridgehead atoms. The number of rotatable bonds is 1. The lowest BCUT2D eigenvalue weighted by molar-refractivity contribution is -0.390. The summed E-state index contributed by atoms with van der Waals surface area (Å²) in [6.45, 7) is 0. The second kappa shape index (κ2) is 2.77. The van der Waals surface area contributed by atoms with Gasteiger partial charge in [0.05, 0.1) is 10.7 Å². The molecule has 2 aromatic heterocycles. The zero-order valence-electron chi connectivity index (χ0n) is 6.22. The maximum absolute atomic E-state index is 10.5. The van der Waals surface area contributed by atoms with Gasteiger partial charge in [0.25, 0.3) is 0 Å². The molecule has 2 heterocycles. The van der Waals surface area contributed by atoms with Crippen LogP contribution in [0.1, 0.15) is 0 Å². The summed E-state index contributed by atoms with van der Waals surface area (Å²) < 4.78 is 1.98. The third kappa shape index (κ3) is 1.26. The first kappa shape index (κ1) is 8.11. The molecule has 0 saturated carbocycles. The van der Waals surface area contributed by atoms with Crippen LogP contribution in [0.25, 0.3) is 5.78 Å². The highest BCUT2D eigenvalue weighted by Crippen LogP contribution is 2.15. The Balaban J connectivity index is 2.79. The maximum Gasteiger partial charge on any atom is 0.349 e. The van der Waals surface area contributed by atoms with Crippen molar-refractivity contribution in [2.75, 3.05) is 0 Å². The van der Waals surface area contributed by atoms with Crippen LogP contribution in [0.5, 0.6) is 0 Å². The summed E-state index contributed by atoms with van der Waals surface area (Å²) in [5.74, 6) is 0.221. The smallest absolute Gasteiger partial charge is 0.349 e. The van der Waals surface area contributed by atoms with Crippen LogP contribution in [0.3, 0.4) is 0 Å². The van der Waals surface area contributed by atoms with Gasteiger partial charge in [-0.2, -0.15) is 14.4 Å². The number of fused-ring (bicyclic) bond motifs is 1. The number of hydrogen-bond acceptors (Lipinski definition) is 4. The average Bonchev–Trinajstić information content (AvgIpc) is 2.46. The Bertz CT molecular complexity index is 480. The highest BCUT2D eigenvalue weighted by Gasteiger charge is 2.14. The van der Waals surface area contributed by atoms with Gasteiger partial charge in [-0.15, -0.1) is 0 Å². The Morgan fingerprint density at radius 2 is 2.15 bits per heavy atom. The molecule has 66 valence electrons. The van der Waals surface area contributed by atoms with Gasteiger partial charge in [0.1, 0.15) is 12.4 Å². The second-order valence-electron chi connectivity index (χ2n) is 2.32. The number of halogens is 1. The van der Waals surface area contributed by atoms with E-state index in [1.807, 2.05) is 0 Å². The van der Waals surface area contributed by atoms with E-state index in [1.165, 1.54) is 16.8 Å². The molecule has 2 rings (SSSR count). The van der Waals surface area contributed by atoms with E-state index < -0.39 is 4.92 Å². The normalized spacial score (nSPS) is 10.5. The maximum atomic E-state index is 10.5. The van der Waals surface area contributed by atoms with Gasteiger partial charge in [-0.05, 0) is 20.9 Å². The summed E-state index contributed by atoms with van der Waals surface area (Å²) in [7, 11) is 0. The van der Waals surface area contributed by atoms with Crippen molar-refractivity contribution in [1.29, 1.82) is 0 Å². The van der Waals surface area contributed by atoms with Crippen LogP contribution in [0.4, 0.5) is 5.82 Å². The van der Waals surface area contributed by atoms with E-state index in [9.17, 15) is 10.1 Å². The minimum atomic E-state index is -0.506. The van der Waals surface area contributed by atoms with Crippen molar-refractivity contribution in [3.8, 4) is 0 Å². The minimum Gasteiger partial charge on any atom is -0.358 e. The zero-order chi connectivity index (χ0) is 9.42. The van der Waals surface area contributed by atoms with E-state index in [1.54, 1.807) is 6.20 Å². The average molecular weight is 243 g/mol. The van der Waals surface area contributed by atoms with Crippen LogP contribution in [0.15, 0.2) is 23.1 Å². The van der Waals surface area contributed by atoms with E-state index in [-0.39, 0.29) is 5.82 Å². The largest absolute Gasteiger partial charge is 0.358 e. The first-order valence-corrected chi connectivity index (χ1v) is 4.11. The standard InChI is InChI=1S/C6H3BrN4O2/c7-4-1-8-6-9-2-5(11(12)13)10(6)3-4/h1-3H. The summed E-state index contributed by atoms with van der Waals surface area (Å²) in [6.07, 6.45) is 4.26. The summed E-state index contributed by atoms with van der Waals surface area (Å²) in [4.78, 5) is 17.6. The molecule has 7 heteroatoms.